The lowest BCUT2D eigenvalue weighted by Gasteiger charge is -2.35. The van der Waals surface area contributed by atoms with E-state index in [4.69, 9.17) is 4.74 Å². The number of rotatable bonds is 5. The van der Waals surface area contributed by atoms with Crippen molar-refractivity contribution in [3.8, 4) is 0 Å². The van der Waals surface area contributed by atoms with Gasteiger partial charge in [-0.3, -0.25) is 15.0 Å². The van der Waals surface area contributed by atoms with E-state index in [1.165, 1.54) is 0 Å². The van der Waals surface area contributed by atoms with Gasteiger partial charge in [-0.1, -0.05) is 20.8 Å². The Bertz CT molecular complexity index is 395. The Labute approximate surface area is 128 Å². The summed E-state index contributed by atoms with van der Waals surface area (Å²) >= 11 is 0. The van der Waals surface area contributed by atoms with E-state index < -0.39 is 0 Å². The highest BCUT2D eigenvalue weighted by Gasteiger charge is 2.59. The molecule has 0 aromatic heterocycles. The van der Waals surface area contributed by atoms with Crippen molar-refractivity contribution in [1.82, 2.24) is 15.1 Å². The van der Waals surface area contributed by atoms with Crippen molar-refractivity contribution in [3.63, 3.8) is 0 Å². The lowest BCUT2D eigenvalue weighted by molar-refractivity contribution is -0.134. The van der Waals surface area contributed by atoms with Crippen LogP contribution in [0.25, 0.3) is 0 Å². The highest BCUT2D eigenvalue weighted by molar-refractivity contribution is 5.91. The molecule has 1 aliphatic carbocycles. The van der Waals surface area contributed by atoms with Crippen molar-refractivity contribution in [2.75, 3.05) is 32.8 Å². The Morgan fingerprint density at radius 3 is 2.81 bits per heavy atom. The van der Waals surface area contributed by atoms with Crippen molar-refractivity contribution in [3.05, 3.63) is 0 Å². The third-order valence-corrected chi connectivity index (χ3v) is 5.00. The maximum atomic E-state index is 12.7. The van der Waals surface area contributed by atoms with Crippen molar-refractivity contribution in [2.24, 2.45) is 5.92 Å². The van der Waals surface area contributed by atoms with Gasteiger partial charge in [-0.2, -0.15) is 0 Å². The molecule has 0 bridgehead atoms. The van der Waals surface area contributed by atoms with Crippen LogP contribution in [-0.2, 0) is 9.53 Å². The summed E-state index contributed by atoms with van der Waals surface area (Å²) in [7, 11) is 0. The van der Waals surface area contributed by atoms with Crippen molar-refractivity contribution in [2.45, 2.75) is 57.8 Å². The Balaban J connectivity index is 1.65. The lowest BCUT2D eigenvalue weighted by atomic mass is 10.1. The summed E-state index contributed by atoms with van der Waals surface area (Å²) in [6.45, 7) is 11.2. The van der Waals surface area contributed by atoms with Crippen LogP contribution in [0.1, 0.15) is 40.0 Å². The molecule has 5 heteroatoms. The second-order valence-electron chi connectivity index (χ2n) is 7.22. The van der Waals surface area contributed by atoms with Crippen molar-refractivity contribution >= 4 is 5.91 Å². The third kappa shape index (κ3) is 3.10. The summed E-state index contributed by atoms with van der Waals surface area (Å²) in [4.78, 5) is 17.2. The fourth-order valence-corrected chi connectivity index (χ4v) is 3.60. The first-order valence-corrected chi connectivity index (χ1v) is 8.47. The first-order valence-electron chi connectivity index (χ1n) is 8.47. The van der Waals surface area contributed by atoms with E-state index in [1.807, 2.05) is 0 Å². The Hall–Kier alpha value is -0.650. The summed E-state index contributed by atoms with van der Waals surface area (Å²) in [5.41, 5.74) is -0.210. The molecule has 3 rings (SSSR count). The van der Waals surface area contributed by atoms with E-state index in [0.29, 0.717) is 11.8 Å². The number of morpholine rings is 1. The molecule has 3 aliphatic rings. The van der Waals surface area contributed by atoms with Crippen molar-refractivity contribution in [1.29, 1.82) is 0 Å². The van der Waals surface area contributed by atoms with Gasteiger partial charge in [-0.25, -0.2) is 0 Å². The normalized spacial score (nSPS) is 32.4. The summed E-state index contributed by atoms with van der Waals surface area (Å²) in [6, 6.07) is 0. The molecular formula is C16H29N3O2. The molecule has 2 heterocycles. The van der Waals surface area contributed by atoms with E-state index in [0.717, 1.165) is 52.0 Å². The molecule has 0 aromatic rings. The summed E-state index contributed by atoms with van der Waals surface area (Å²) < 4.78 is 5.90. The van der Waals surface area contributed by atoms with Gasteiger partial charge in [0.15, 0.2) is 0 Å². The van der Waals surface area contributed by atoms with Crippen LogP contribution in [0.15, 0.2) is 0 Å². The largest absolute Gasteiger partial charge is 0.374 e. The molecule has 5 nitrogen and oxygen atoms in total. The molecule has 2 unspecified atom stereocenters. The van der Waals surface area contributed by atoms with E-state index in [-0.39, 0.29) is 17.8 Å². The van der Waals surface area contributed by atoms with Gasteiger partial charge in [0.25, 0.3) is 0 Å². The smallest absolute Gasteiger partial charge is 0.244 e. The van der Waals surface area contributed by atoms with E-state index in [1.54, 1.807) is 0 Å². The average molecular weight is 295 g/mol. The minimum Gasteiger partial charge on any atom is -0.374 e. The highest BCUT2D eigenvalue weighted by atomic mass is 16.5. The molecule has 21 heavy (non-hydrogen) atoms. The maximum absolute atomic E-state index is 12.7. The van der Waals surface area contributed by atoms with E-state index in [2.05, 4.69) is 35.9 Å². The van der Waals surface area contributed by atoms with Crippen LogP contribution in [0.4, 0.5) is 0 Å². The molecule has 1 spiro atoms. The third-order valence-electron chi connectivity index (χ3n) is 5.00. The molecule has 0 radical (unpaired) electrons. The van der Waals surface area contributed by atoms with Gasteiger partial charge in [0.05, 0.1) is 24.4 Å². The molecule has 3 fully saturated rings. The second-order valence-corrected chi connectivity index (χ2v) is 7.22. The van der Waals surface area contributed by atoms with Crippen LogP contribution >= 0.6 is 0 Å². The molecule has 1 N–H and O–H groups in total. The van der Waals surface area contributed by atoms with Crippen LogP contribution in [0.2, 0.25) is 0 Å². The maximum Gasteiger partial charge on any atom is 0.244 e. The molecule has 2 atom stereocenters. The fraction of sp³-hybridized carbons (Fsp3) is 0.938. The minimum atomic E-state index is -0.210. The predicted molar refractivity (Wildman–Crippen MR) is 81.9 cm³/mol. The summed E-state index contributed by atoms with van der Waals surface area (Å²) in [6.07, 6.45) is 3.39. The molecule has 1 saturated carbocycles. The quantitative estimate of drug-likeness (QED) is 0.823. The lowest BCUT2D eigenvalue weighted by Crippen LogP contribution is -2.50. The first-order chi connectivity index (χ1) is 10.0. The van der Waals surface area contributed by atoms with Crippen molar-refractivity contribution < 1.29 is 9.53 Å². The molecular weight excluding hydrogens is 266 g/mol. The molecule has 2 aliphatic heterocycles. The SMILES string of the molecule is CCN1CCOC(CN2C(=O)C3(CC3)NC2CC(C)C)C1. The average Bonchev–Trinajstić information content (AvgIpc) is 3.19. The Kier molecular flexibility index (Phi) is 4.26. The summed E-state index contributed by atoms with van der Waals surface area (Å²) in [5.74, 6) is 0.900. The zero-order valence-corrected chi connectivity index (χ0v) is 13.6. The number of amides is 1. The topological polar surface area (TPSA) is 44.8 Å². The second kappa shape index (κ2) is 5.86. The standard InChI is InChI=1S/C16H29N3O2/c1-4-18-7-8-21-13(10-18)11-19-14(9-12(2)3)17-16(5-6-16)15(19)20/h12-14,17H,4-11H2,1-3H3. The number of nitrogens with zero attached hydrogens (tertiary/aromatic N) is 2. The Morgan fingerprint density at radius 2 is 2.19 bits per heavy atom. The first kappa shape index (κ1) is 15.3. The molecule has 1 amide bonds. The van der Waals surface area contributed by atoms with Crippen LogP contribution in [0.5, 0.6) is 0 Å². The fourth-order valence-electron chi connectivity index (χ4n) is 3.60. The van der Waals surface area contributed by atoms with Crippen LogP contribution in [0.3, 0.4) is 0 Å². The molecule has 2 saturated heterocycles. The number of likely N-dealkylation sites (N-methyl/N-ethyl adjacent to an activating group) is 1. The van der Waals surface area contributed by atoms with Gasteiger partial charge >= 0.3 is 0 Å². The van der Waals surface area contributed by atoms with Crippen LogP contribution in [-0.4, -0.2) is 66.3 Å². The molecule has 0 aromatic carbocycles. The molecule has 120 valence electrons. The van der Waals surface area contributed by atoms with Crippen LogP contribution in [0, 0.1) is 5.92 Å². The van der Waals surface area contributed by atoms with Gasteiger partial charge in [0.1, 0.15) is 0 Å². The number of hydrogen-bond donors (Lipinski definition) is 1. The number of nitrogens with one attached hydrogen (secondary N) is 1. The van der Waals surface area contributed by atoms with Gasteiger partial charge in [-0.05, 0) is 31.7 Å². The monoisotopic (exact) mass is 295 g/mol. The van der Waals surface area contributed by atoms with Gasteiger partial charge in [-0.15, -0.1) is 0 Å². The predicted octanol–water partition coefficient (Wildman–Crippen LogP) is 1.04. The zero-order valence-electron chi connectivity index (χ0n) is 13.6. The van der Waals surface area contributed by atoms with Crippen LogP contribution < -0.4 is 5.32 Å². The number of hydrogen-bond acceptors (Lipinski definition) is 4. The van der Waals surface area contributed by atoms with Gasteiger partial charge in [0.2, 0.25) is 5.91 Å². The summed E-state index contributed by atoms with van der Waals surface area (Å²) in [5, 5.41) is 3.59. The number of carbonyl (C=O) groups is 1. The van der Waals surface area contributed by atoms with E-state index >= 15 is 0 Å². The number of ether oxygens (including phenoxy) is 1. The Morgan fingerprint density at radius 1 is 1.43 bits per heavy atom. The zero-order chi connectivity index (χ0) is 15.0. The van der Waals surface area contributed by atoms with Gasteiger partial charge in [0, 0.05) is 19.6 Å². The number of carbonyl (C=O) groups excluding carboxylic acids is 1. The minimum absolute atomic E-state index is 0.160. The highest BCUT2D eigenvalue weighted by Crippen LogP contribution is 2.43. The van der Waals surface area contributed by atoms with E-state index in [9.17, 15) is 4.79 Å². The van der Waals surface area contributed by atoms with Gasteiger partial charge < -0.3 is 9.64 Å².